The number of morpholine rings is 1. The number of rotatable bonds is 2. The van der Waals surface area contributed by atoms with E-state index < -0.39 is 17.3 Å². The first kappa shape index (κ1) is 19.5. The number of aliphatic hydroxyl groups is 1. The van der Waals surface area contributed by atoms with Crippen LogP contribution in [0.4, 0.5) is 4.79 Å². The Hall–Kier alpha value is -2.30. The van der Waals surface area contributed by atoms with Crippen LogP contribution in [0.5, 0.6) is 5.75 Å². The second kappa shape index (κ2) is 7.02. The summed E-state index contributed by atoms with van der Waals surface area (Å²) in [6.45, 7) is 6.13. The normalized spacial score (nSPS) is 27.6. The highest BCUT2D eigenvalue weighted by molar-refractivity contribution is 5.69. The van der Waals surface area contributed by atoms with E-state index >= 15 is 0 Å². The Morgan fingerprint density at radius 3 is 2.48 bits per heavy atom. The van der Waals surface area contributed by atoms with Crippen LogP contribution in [0.3, 0.4) is 0 Å². The highest BCUT2D eigenvalue weighted by Crippen LogP contribution is 2.43. The summed E-state index contributed by atoms with van der Waals surface area (Å²) in [5.74, 6) is 0.577. The molecule has 0 spiro atoms. The Morgan fingerprint density at radius 2 is 1.96 bits per heavy atom. The Morgan fingerprint density at radius 1 is 1.33 bits per heavy atom. The van der Waals surface area contributed by atoms with Crippen molar-refractivity contribution in [2.45, 2.75) is 56.9 Å². The molecule has 1 aromatic rings. The molecular weight excluding hydrogens is 348 g/mol. The first-order chi connectivity index (χ1) is 12.7. The molecule has 0 radical (unpaired) electrons. The number of nitrogens with zero attached hydrogens (tertiary/aromatic N) is 2. The van der Waals surface area contributed by atoms with Crippen molar-refractivity contribution in [1.82, 2.24) is 4.90 Å². The summed E-state index contributed by atoms with van der Waals surface area (Å²) in [7, 11) is 1.54. The molecule has 2 aliphatic rings. The molecule has 2 bridgehead atoms. The molecule has 27 heavy (non-hydrogen) atoms. The number of fused-ring (bicyclic) bond motifs is 2. The number of hydrogen-bond acceptors (Lipinski definition) is 6. The number of carbonyl (C=O) groups excluding carboxylic acids is 1. The fraction of sp³-hybridized carbons (Fsp3) is 0.600. The molecule has 2 saturated heterocycles. The molecule has 1 N–H and O–H groups in total. The molecule has 2 atom stereocenters. The van der Waals surface area contributed by atoms with E-state index in [0.717, 1.165) is 0 Å². The third-order valence-electron chi connectivity index (χ3n) is 5.01. The predicted octanol–water partition coefficient (Wildman–Crippen LogP) is 2.55. The van der Waals surface area contributed by atoms with Crippen LogP contribution < -0.4 is 4.74 Å². The lowest BCUT2D eigenvalue weighted by atomic mass is 9.75. The molecule has 0 aliphatic carbocycles. The number of amides is 1. The number of carbonyl (C=O) groups is 1. The average Bonchev–Trinajstić information content (AvgIpc) is 2.58. The van der Waals surface area contributed by atoms with Gasteiger partial charge in [0.2, 0.25) is 0 Å². The molecule has 0 aromatic heterocycles. The Kier molecular flexibility index (Phi) is 5.06. The van der Waals surface area contributed by atoms with Crippen LogP contribution in [-0.4, -0.2) is 54.1 Å². The van der Waals surface area contributed by atoms with Crippen LogP contribution in [0.15, 0.2) is 18.2 Å². The van der Waals surface area contributed by atoms with Crippen LogP contribution in [0.25, 0.3) is 0 Å². The van der Waals surface area contributed by atoms with Gasteiger partial charge in [0, 0.05) is 18.4 Å². The van der Waals surface area contributed by atoms with Gasteiger partial charge in [-0.2, -0.15) is 5.26 Å². The molecular formula is C20H26N2O5. The minimum Gasteiger partial charge on any atom is -0.497 e. The third kappa shape index (κ3) is 3.87. The number of hydrogen-bond donors (Lipinski definition) is 1. The number of piperidine rings is 1. The molecule has 1 amide bonds. The quantitative estimate of drug-likeness (QED) is 0.855. The van der Waals surface area contributed by atoms with Crippen LogP contribution in [0.2, 0.25) is 0 Å². The fourth-order valence-electron chi connectivity index (χ4n) is 3.94. The van der Waals surface area contributed by atoms with Crippen LogP contribution in [-0.2, 0) is 15.1 Å². The SMILES string of the molecule is COc1ccc(C#N)c(C2(O)CC3COCC(C2)N3C(=O)OC(C)(C)C)c1. The van der Waals surface area contributed by atoms with Crippen molar-refractivity contribution in [2.24, 2.45) is 0 Å². The summed E-state index contributed by atoms with van der Waals surface area (Å²) < 4.78 is 16.4. The number of benzene rings is 1. The van der Waals surface area contributed by atoms with Gasteiger partial charge in [0.1, 0.15) is 11.4 Å². The Bertz CT molecular complexity index is 751. The fourth-order valence-corrected chi connectivity index (χ4v) is 3.94. The van der Waals surface area contributed by atoms with Crippen molar-refractivity contribution in [1.29, 1.82) is 5.26 Å². The predicted molar refractivity (Wildman–Crippen MR) is 97.3 cm³/mol. The van der Waals surface area contributed by atoms with Crippen molar-refractivity contribution >= 4 is 6.09 Å². The first-order valence-corrected chi connectivity index (χ1v) is 9.07. The van der Waals surface area contributed by atoms with Crippen LogP contribution in [0.1, 0.15) is 44.7 Å². The first-order valence-electron chi connectivity index (χ1n) is 9.07. The second-order valence-electron chi connectivity index (χ2n) is 8.20. The van der Waals surface area contributed by atoms with Gasteiger partial charge >= 0.3 is 6.09 Å². The lowest BCUT2D eigenvalue weighted by Gasteiger charge is -2.51. The number of nitriles is 1. The molecule has 7 nitrogen and oxygen atoms in total. The zero-order valence-corrected chi connectivity index (χ0v) is 16.2. The van der Waals surface area contributed by atoms with Crippen molar-refractivity contribution in [3.63, 3.8) is 0 Å². The Labute approximate surface area is 159 Å². The van der Waals surface area contributed by atoms with Crippen molar-refractivity contribution in [3.8, 4) is 11.8 Å². The zero-order valence-electron chi connectivity index (χ0n) is 16.2. The summed E-state index contributed by atoms with van der Waals surface area (Å²) >= 11 is 0. The lowest BCUT2D eigenvalue weighted by molar-refractivity contribution is -0.141. The molecule has 2 fully saturated rings. The summed E-state index contributed by atoms with van der Waals surface area (Å²) in [5.41, 5.74) is -0.897. The maximum Gasteiger partial charge on any atom is 0.410 e. The van der Waals surface area contributed by atoms with Gasteiger partial charge in [0.25, 0.3) is 0 Å². The highest BCUT2D eigenvalue weighted by atomic mass is 16.6. The van der Waals surface area contributed by atoms with E-state index in [1.54, 1.807) is 30.2 Å². The smallest absolute Gasteiger partial charge is 0.410 e. The lowest BCUT2D eigenvalue weighted by Crippen LogP contribution is -2.63. The molecule has 2 unspecified atom stereocenters. The summed E-state index contributed by atoms with van der Waals surface area (Å²) in [5, 5.41) is 21.0. The molecule has 7 heteroatoms. The van der Waals surface area contributed by atoms with Crippen molar-refractivity contribution in [2.75, 3.05) is 20.3 Å². The van der Waals surface area contributed by atoms with E-state index in [2.05, 4.69) is 6.07 Å². The van der Waals surface area contributed by atoms with Crippen LogP contribution >= 0.6 is 0 Å². The van der Waals surface area contributed by atoms with E-state index in [9.17, 15) is 15.2 Å². The van der Waals surface area contributed by atoms with E-state index in [4.69, 9.17) is 14.2 Å². The Balaban J connectivity index is 1.92. The van der Waals surface area contributed by atoms with E-state index in [-0.39, 0.29) is 24.9 Å². The molecule has 3 rings (SSSR count). The highest BCUT2D eigenvalue weighted by Gasteiger charge is 2.50. The third-order valence-corrected chi connectivity index (χ3v) is 5.01. The summed E-state index contributed by atoms with van der Waals surface area (Å²) in [6, 6.07) is 6.56. The second-order valence-corrected chi connectivity index (χ2v) is 8.20. The topological polar surface area (TPSA) is 92.0 Å². The average molecular weight is 374 g/mol. The molecule has 146 valence electrons. The zero-order chi connectivity index (χ0) is 19.8. The maximum absolute atomic E-state index is 12.7. The molecule has 1 aromatic carbocycles. The van der Waals surface area contributed by atoms with Crippen molar-refractivity contribution in [3.05, 3.63) is 29.3 Å². The van der Waals surface area contributed by atoms with Gasteiger partial charge in [-0.1, -0.05) is 0 Å². The number of methoxy groups -OCH3 is 1. The minimum atomic E-state index is -1.24. The van der Waals surface area contributed by atoms with E-state index in [0.29, 0.717) is 30.1 Å². The van der Waals surface area contributed by atoms with Gasteiger partial charge in [0.15, 0.2) is 0 Å². The van der Waals surface area contributed by atoms with Gasteiger partial charge in [-0.15, -0.1) is 0 Å². The minimum absolute atomic E-state index is 0.268. The van der Waals surface area contributed by atoms with Gasteiger partial charge in [-0.25, -0.2) is 4.79 Å². The van der Waals surface area contributed by atoms with Gasteiger partial charge in [-0.05, 0) is 39.0 Å². The molecule has 2 aliphatic heterocycles. The van der Waals surface area contributed by atoms with Gasteiger partial charge < -0.3 is 19.3 Å². The summed E-state index contributed by atoms with van der Waals surface area (Å²) in [4.78, 5) is 14.4. The van der Waals surface area contributed by atoms with Gasteiger partial charge in [-0.3, -0.25) is 4.90 Å². The molecule has 2 heterocycles. The maximum atomic E-state index is 12.7. The van der Waals surface area contributed by atoms with E-state index in [1.165, 1.54) is 0 Å². The van der Waals surface area contributed by atoms with E-state index in [1.807, 2.05) is 20.8 Å². The van der Waals surface area contributed by atoms with Gasteiger partial charge in [0.05, 0.1) is 49.6 Å². The van der Waals surface area contributed by atoms with Crippen LogP contribution in [0, 0.1) is 11.3 Å². The standard InChI is InChI=1S/C20H26N2O5/c1-19(2,3)27-18(23)22-14-8-20(24,9-15(22)12-26-11-14)17-7-16(25-4)6-5-13(17)10-21/h5-7,14-15,24H,8-9,11-12H2,1-4H3. The summed E-state index contributed by atoms with van der Waals surface area (Å²) in [6.07, 6.45) is 0.142. The van der Waals surface area contributed by atoms with Crippen molar-refractivity contribution < 1.29 is 24.1 Å². The molecule has 0 saturated carbocycles. The number of ether oxygens (including phenoxy) is 3. The largest absolute Gasteiger partial charge is 0.497 e. The monoisotopic (exact) mass is 374 g/mol.